The van der Waals surface area contributed by atoms with Gasteiger partial charge in [0.2, 0.25) is 5.91 Å². The Morgan fingerprint density at radius 1 is 1.32 bits per heavy atom. The predicted octanol–water partition coefficient (Wildman–Crippen LogP) is 1.60. The molecule has 2 heterocycles. The zero-order valence-corrected chi connectivity index (χ0v) is 14.6. The van der Waals surface area contributed by atoms with Gasteiger partial charge in [0.25, 0.3) is 0 Å². The Morgan fingerprint density at radius 3 is 2.50 bits per heavy atom. The lowest BCUT2D eigenvalue weighted by molar-refractivity contribution is -0.119. The van der Waals surface area contributed by atoms with Crippen LogP contribution in [0.2, 0.25) is 0 Å². The quantitative estimate of drug-likeness (QED) is 0.571. The van der Waals surface area contributed by atoms with E-state index >= 15 is 0 Å². The van der Waals surface area contributed by atoms with Gasteiger partial charge in [-0.1, -0.05) is 27.7 Å². The molecule has 1 amide bonds. The maximum atomic E-state index is 11.6. The van der Waals surface area contributed by atoms with E-state index in [1.165, 1.54) is 0 Å². The first-order chi connectivity index (χ1) is 10.2. The Bertz CT molecular complexity index is 497. The molecular weight excluding hydrogens is 276 g/mol. The summed E-state index contributed by atoms with van der Waals surface area (Å²) >= 11 is 0. The number of nitrogens with one attached hydrogen (secondary N) is 2. The number of aliphatic imine (C=N–C) groups is 1. The second-order valence-electron chi connectivity index (χ2n) is 8.55. The van der Waals surface area contributed by atoms with E-state index in [2.05, 4.69) is 48.2 Å². The molecule has 1 unspecified atom stereocenters. The summed E-state index contributed by atoms with van der Waals surface area (Å²) in [6.45, 7) is 12.0. The molecule has 0 bridgehead atoms. The van der Waals surface area contributed by atoms with Crippen molar-refractivity contribution in [1.29, 1.82) is 0 Å². The van der Waals surface area contributed by atoms with Crippen LogP contribution in [0.5, 0.6) is 0 Å². The Labute approximate surface area is 133 Å². The van der Waals surface area contributed by atoms with Crippen molar-refractivity contribution < 1.29 is 4.79 Å². The molecule has 1 atom stereocenters. The predicted molar refractivity (Wildman–Crippen MR) is 88.7 cm³/mol. The summed E-state index contributed by atoms with van der Waals surface area (Å²) in [5.41, 5.74) is 0.699. The lowest BCUT2D eigenvalue weighted by Crippen LogP contribution is -2.52. The van der Waals surface area contributed by atoms with E-state index in [4.69, 9.17) is 0 Å². The maximum Gasteiger partial charge on any atom is 0.220 e. The van der Waals surface area contributed by atoms with Gasteiger partial charge < -0.3 is 15.5 Å². The molecule has 3 rings (SSSR count). The van der Waals surface area contributed by atoms with Crippen LogP contribution in [0.4, 0.5) is 0 Å². The topological polar surface area (TPSA) is 56.7 Å². The first kappa shape index (κ1) is 15.6. The van der Waals surface area contributed by atoms with Crippen LogP contribution in [-0.2, 0) is 4.79 Å². The van der Waals surface area contributed by atoms with Crippen molar-refractivity contribution in [1.82, 2.24) is 15.5 Å². The summed E-state index contributed by atoms with van der Waals surface area (Å²) in [5, 5.41) is 6.69. The fourth-order valence-electron chi connectivity index (χ4n) is 4.41. The smallest absolute Gasteiger partial charge is 0.220 e. The number of carbonyl (C=O) groups is 1. The third-order valence-corrected chi connectivity index (χ3v) is 6.66. The lowest BCUT2D eigenvalue weighted by Gasteiger charge is -2.41. The van der Waals surface area contributed by atoms with E-state index in [0.29, 0.717) is 23.3 Å². The van der Waals surface area contributed by atoms with Gasteiger partial charge in [-0.2, -0.15) is 0 Å². The fraction of sp³-hybridized carbons (Fsp3) is 0.882. The SMILES string of the molecule is CN=C(NC1C(C)(C)C1(C)C)N1CCCC2(CNC(=O)C2)C1. The highest BCUT2D eigenvalue weighted by Crippen LogP contribution is 2.62. The van der Waals surface area contributed by atoms with Crippen LogP contribution < -0.4 is 10.6 Å². The normalized spacial score (nSPS) is 34.0. The number of hydrogen-bond acceptors (Lipinski definition) is 2. The van der Waals surface area contributed by atoms with Gasteiger partial charge in [-0.3, -0.25) is 9.79 Å². The number of nitrogens with zero attached hydrogens (tertiary/aromatic N) is 2. The van der Waals surface area contributed by atoms with Crippen LogP contribution in [0.1, 0.15) is 47.0 Å². The summed E-state index contributed by atoms with van der Waals surface area (Å²) in [5.74, 6) is 1.20. The molecule has 0 aromatic heterocycles. The van der Waals surface area contributed by atoms with Crippen LogP contribution in [0.15, 0.2) is 4.99 Å². The van der Waals surface area contributed by atoms with Crippen LogP contribution in [0.3, 0.4) is 0 Å². The minimum absolute atomic E-state index is 0.113. The third-order valence-electron chi connectivity index (χ3n) is 6.66. The molecule has 0 aromatic carbocycles. The monoisotopic (exact) mass is 306 g/mol. The number of amides is 1. The molecular formula is C17H30N4O. The van der Waals surface area contributed by atoms with Crippen molar-refractivity contribution >= 4 is 11.9 Å². The van der Waals surface area contributed by atoms with Gasteiger partial charge in [0, 0.05) is 44.6 Å². The fourth-order valence-corrected chi connectivity index (χ4v) is 4.41. The average Bonchev–Trinajstić information content (AvgIpc) is 2.72. The largest absolute Gasteiger partial charge is 0.355 e. The van der Waals surface area contributed by atoms with Crippen LogP contribution in [-0.4, -0.2) is 49.5 Å². The lowest BCUT2D eigenvalue weighted by atomic mass is 9.79. The molecule has 2 aliphatic heterocycles. The van der Waals surface area contributed by atoms with E-state index in [1.807, 2.05) is 7.05 Å². The van der Waals surface area contributed by atoms with Gasteiger partial charge in [0.05, 0.1) is 0 Å². The van der Waals surface area contributed by atoms with Crippen molar-refractivity contribution in [3.8, 4) is 0 Å². The van der Waals surface area contributed by atoms with Gasteiger partial charge in [0.1, 0.15) is 0 Å². The standard InChI is InChI=1S/C17H30N4O/c1-15(2)13(16(15,3)4)20-14(18-5)21-8-6-7-17(11-21)9-12(22)19-10-17/h13H,6-11H2,1-5H3,(H,18,20)(H,19,22). The van der Waals surface area contributed by atoms with Crippen molar-refractivity contribution in [3.63, 3.8) is 0 Å². The highest BCUT2D eigenvalue weighted by molar-refractivity contribution is 5.82. The summed E-state index contributed by atoms with van der Waals surface area (Å²) in [6, 6.07) is 0.458. The van der Waals surface area contributed by atoms with Gasteiger partial charge >= 0.3 is 0 Å². The molecule has 5 heteroatoms. The Hall–Kier alpha value is -1.26. The molecule has 3 fully saturated rings. The molecule has 3 aliphatic rings. The van der Waals surface area contributed by atoms with E-state index in [0.717, 1.165) is 38.4 Å². The number of carbonyl (C=O) groups excluding carboxylic acids is 1. The number of piperidine rings is 1. The molecule has 2 saturated heterocycles. The molecule has 0 aromatic rings. The Kier molecular flexibility index (Phi) is 3.46. The van der Waals surface area contributed by atoms with Crippen molar-refractivity contribution in [2.45, 2.75) is 53.0 Å². The molecule has 2 N–H and O–H groups in total. The molecule has 1 aliphatic carbocycles. The van der Waals surface area contributed by atoms with Crippen LogP contribution in [0, 0.1) is 16.2 Å². The Morgan fingerprint density at radius 2 is 2.00 bits per heavy atom. The number of guanidine groups is 1. The van der Waals surface area contributed by atoms with Gasteiger partial charge in [0.15, 0.2) is 5.96 Å². The van der Waals surface area contributed by atoms with Crippen molar-refractivity contribution in [3.05, 3.63) is 0 Å². The van der Waals surface area contributed by atoms with E-state index in [1.54, 1.807) is 0 Å². The average molecular weight is 306 g/mol. The number of rotatable bonds is 1. The minimum atomic E-state index is 0.113. The third kappa shape index (κ3) is 2.29. The highest BCUT2D eigenvalue weighted by Gasteiger charge is 2.65. The van der Waals surface area contributed by atoms with E-state index in [-0.39, 0.29) is 11.3 Å². The summed E-state index contributed by atoms with van der Waals surface area (Å²) in [4.78, 5) is 18.5. The van der Waals surface area contributed by atoms with E-state index < -0.39 is 0 Å². The van der Waals surface area contributed by atoms with Gasteiger partial charge in [-0.15, -0.1) is 0 Å². The van der Waals surface area contributed by atoms with Gasteiger partial charge in [-0.25, -0.2) is 0 Å². The zero-order valence-electron chi connectivity index (χ0n) is 14.6. The molecule has 1 saturated carbocycles. The maximum absolute atomic E-state index is 11.6. The summed E-state index contributed by atoms with van der Waals surface area (Å²) in [7, 11) is 1.87. The van der Waals surface area contributed by atoms with Crippen molar-refractivity contribution in [2.75, 3.05) is 26.7 Å². The number of likely N-dealkylation sites (tertiary alicyclic amines) is 1. The zero-order chi connectivity index (χ0) is 16.2. The van der Waals surface area contributed by atoms with Crippen molar-refractivity contribution in [2.24, 2.45) is 21.2 Å². The Balaban J connectivity index is 1.68. The first-order valence-electron chi connectivity index (χ1n) is 8.47. The summed E-state index contributed by atoms with van der Waals surface area (Å²) < 4.78 is 0. The molecule has 0 radical (unpaired) electrons. The summed E-state index contributed by atoms with van der Waals surface area (Å²) in [6.07, 6.45) is 2.94. The minimum Gasteiger partial charge on any atom is -0.355 e. The van der Waals surface area contributed by atoms with Crippen LogP contribution in [0.25, 0.3) is 0 Å². The molecule has 5 nitrogen and oxygen atoms in total. The molecule has 22 heavy (non-hydrogen) atoms. The first-order valence-corrected chi connectivity index (χ1v) is 8.47. The van der Waals surface area contributed by atoms with Gasteiger partial charge in [-0.05, 0) is 23.7 Å². The van der Waals surface area contributed by atoms with E-state index in [9.17, 15) is 4.79 Å². The second kappa shape index (κ2) is 4.87. The second-order valence-corrected chi connectivity index (χ2v) is 8.55. The highest BCUT2D eigenvalue weighted by atomic mass is 16.1. The number of hydrogen-bond donors (Lipinski definition) is 2. The molecule has 1 spiro atoms. The van der Waals surface area contributed by atoms with Crippen LogP contribution >= 0.6 is 0 Å². The molecule has 124 valence electrons.